The predicted octanol–water partition coefficient (Wildman–Crippen LogP) is 3.05. The van der Waals surface area contributed by atoms with Gasteiger partial charge >= 0.3 is 0 Å². The van der Waals surface area contributed by atoms with Crippen molar-refractivity contribution in [2.75, 3.05) is 17.7 Å². The number of aromatic nitrogens is 4. The summed E-state index contributed by atoms with van der Waals surface area (Å²) >= 11 is 0. The predicted molar refractivity (Wildman–Crippen MR) is 95.4 cm³/mol. The molecule has 7 nitrogen and oxygen atoms in total. The Labute approximate surface area is 145 Å². The average molecular weight is 334 g/mol. The minimum Gasteiger partial charge on any atom is -0.477 e. The fraction of sp³-hybridized carbons (Fsp3) is 0.222. The van der Waals surface area contributed by atoms with E-state index in [1.54, 1.807) is 6.20 Å². The molecule has 0 amide bonds. The van der Waals surface area contributed by atoms with E-state index in [4.69, 9.17) is 10.5 Å². The molecule has 0 spiro atoms. The quantitative estimate of drug-likeness (QED) is 0.714. The number of nitrogens with zero attached hydrogens (tertiary/aromatic N) is 4. The monoisotopic (exact) mass is 334 g/mol. The minimum atomic E-state index is 0.161. The standard InChI is InChI=1S/C18H18N6O/c19-17-22-16(13-4-2-1-3-5-13)23-18(24-17)21-14-8-9-15(20-10-14)25-11-12-6-7-12/h1-5,8-10,12H,6-7,11H2,(H3,19,21,22,23,24). The van der Waals surface area contributed by atoms with Crippen molar-refractivity contribution in [3.8, 4) is 17.3 Å². The van der Waals surface area contributed by atoms with Gasteiger partial charge in [-0.05, 0) is 24.8 Å². The van der Waals surface area contributed by atoms with Gasteiger partial charge < -0.3 is 15.8 Å². The Morgan fingerprint density at radius 2 is 1.88 bits per heavy atom. The number of anilines is 3. The number of hydrogen-bond acceptors (Lipinski definition) is 7. The second-order valence-corrected chi connectivity index (χ2v) is 5.97. The van der Waals surface area contributed by atoms with Gasteiger partial charge in [-0.1, -0.05) is 30.3 Å². The van der Waals surface area contributed by atoms with Crippen LogP contribution in [0.15, 0.2) is 48.7 Å². The zero-order valence-electron chi connectivity index (χ0n) is 13.6. The molecule has 0 aliphatic heterocycles. The fourth-order valence-electron chi connectivity index (χ4n) is 2.32. The summed E-state index contributed by atoms with van der Waals surface area (Å²) in [6, 6.07) is 13.3. The van der Waals surface area contributed by atoms with Gasteiger partial charge in [-0.25, -0.2) is 4.98 Å². The summed E-state index contributed by atoms with van der Waals surface area (Å²) in [5.74, 6) is 2.38. The van der Waals surface area contributed by atoms with Crippen molar-refractivity contribution in [1.82, 2.24) is 19.9 Å². The van der Waals surface area contributed by atoms with Crippen LogP contribution in [-0.2, 0) is 0 Å². The molecule has 3 aromatic rings. The first kappa shape index (κ1) is 15.3. The van der Waals surface area contributed by atoms with Gasteiger partial charge in [0.25, 0.3) is 0 Å². The first-order valence-electron chi connectivity index (χ1n) is 8.19. The van der Waals surface area contributed by atoms with Crippen LogP contribution in [0.1, 0.15) is 12.8 Å². The van der Waals surface area contributed by atoms with E-state index in [1.807, 2.05) is 42.5 Å². The zero-order valence-corrected chi connectivity index (χ0v) is 13.6. The van der Waals surface area contributed by atoms with Gasteiger partial charge in [-0.3, -0.25) is 0 Å². The SMILES string of the molecule is Nc1nc(Nc2ccc(OCC3CC3)nc2)nc(-c2ccccc2)n1. The summed E-state index contributed by atoms with van der Waals surface area (Å²) < 4.78 is 5.63. The highest BCUT2D eigenvalue weighted by Gasteiger charge is 2.22. The molecule has 25 heavy (non-hydrogen) atoms. The lowest BCUT2D eigenvalue weighted by Gasteiger charge is -2.08. The van der Waals surface area contributed by atoms with E-state index >= 15 is 0 Å². The minimum absolute atomic E-state index is 0.161. The Hall–Kier alpha value is -3.22. The van der Waals surface area contributed by atoms with Crippen LogP contribution in [0.3, 0.4) is 0 Å². The second kappa shape index (κ2) is 6.72. The molecule has 0 saturated heterocycles. The van der Waals surface area contributed by atoms with E-state index < -0.39 is 0 Å². The van der Waals surface area contributed by atoms with E-state index in [0.29, 0.717) is 23.6 Å². The first-order valence-corrected chi connectivity index (χ1v) is 8.19. The molecule has 1 aromatic carbocycles. The van der Waals surface area contributed by atoms with Crippen LogP contribution in [0.25, 0.3) is 11.4 Å². The fourth-order valence-corrected chi connectivity index (χ4v) is 2.32. The van der Waals surface area contributed by atoms with Crippen LogP contribution >= 0.6 is 0 Å². The highest BCUT2D eigenvalue weighted by Crippen LogP contribution is 2.29. The van der Waals surface area contributed by atoms with Gasteiger partial charge in [0.1, 0.15) is 0 Å². The maximum absolute atomic E-state index is 5.81. The molecule has 1 saturated carbocycles. The molecule has 0 radical (unpaired) electrons. The molecule has 1 fully saturated rings. The molecule has 7 heteroatoms. The summed E-state index contributed by atoms with van der Waals surface area (Å²) in [7, 11) is 0. The third-order valence-corrected chi connectivity index (χ3v) is 3.84. The molecular weight excluding hydrogens is 316 g/mol. The molecule has 1 aliphatic rings. The lowest BCUT2D eigenvalue weighted by atomic mass is 10.2. The molecule has 0 unspecified atom stereocenters. The summed E-state index contributed by atoms with van der Waals surface area (Å²) in [6.45, 7) is 0.740. The van der Waals surface area contributed by atoms with Gasteiger partial charge in [0, 0.05) is 11.6 Å². The Morgan fingerprint density at radius 3 is 2.60 bits per heavy atom. The summed E-state index contributed by atoms with van der Waals surface area (Å²) in [5, 5.41) is 3.10. The van der Waals surface area contributed by atoms with Crippen LogP contribution in [-0.4, -0.2) is 26.5 Å². The third-order valence-electron chi connectivity index (χ3n) is 3.84. The van der Waals surface area contributed by atoms with Gasteiger partial charge in [-0.15, -0.1) is 0 Å². The number of rotatable bonds is 6. The van der Waals surface area contributed by atoms with Crippen molar-refractivity contribution in [3.63, 3.8) is 0 Å². The van der Waals surface area contributed by atoms with E-state index in [1.165, 1.54) is 12.8 Å². The number of ether oxygens (including phenoxy) is 1. The maximum Gasteiger partial charge on any atom is 0.232 e. The highest BCUT2D eigenvalue weighted by molar-refractivity contribution is 5.60. The molecule has 0 atom stereocenters. The zero-order chi connectivity index (χ0) is 17.1. The summed E-state index contributed by atoms with van der Waals surface area (Å²) in [6.07, 6.45) is 4.19. The van der Waals surface area contributed by atoms with Crippen LogP contribution < -0.4 is 15.8 Å². The Bertz CT molecular complexity index is 849. The van der Waals surface area contributed by atoms with Crippen LogP contribution in [0.4, 0.5) is 17.6 Å². The van der Waals surface area contributed by atoms with Crippen molar-refractivity contribution in [1.29, 1.82) is 0 Å². The van der Waals surface area contributed by atoms with Crippen LogP contribution in [0, 0.1) is 5.92 Å². The van der Waals surface area contributed by atoms with Crippen molar-refractivity contribution in [2.24, 2.45) is 5.92 Å². The molecule has 1 aliphatic carbocycles. The smallest absolute Gasteiger partial charge is 0.232 e. The van der Waals surface area contributed by atoms with E-state index in [9.17, 15) is 0 Å². The second-order valence-electron chi connectivity index (χ2n) is 5.97. The van der Waals surface area contributed by atoms with E-state index in [0.717, 1.165) is 17.9 Å². The molecule has 126 valence electrons. The topological polar surface area (TPSA) is 98.8 Å². The molecule has 4 rings (SSSR count). The highest BCUT2D eigenvalue weighted by atomic mass is 16.5. The Morgan fingerprint density at radius 1 is 1.04 bits per heavy atom. The molecule has 2 heterocycles. The lowest BCUT2D eigenvalue weighted by molar-refractivity contribution is 0.288. The molecule has 3 N–H and O–H groups in total. The summed E-state index contributed by atoms with van der Waals surface area (Å²) in [4.78, 5) is 17.0. The maximum atomic E-state index is 5.81. The third kappa shape index (κ3) is 4.00. The van der Waals surface area contributed by atoms with Crippen molar-refractivity contribution in [2.45, 2.75) is 12.8 Å². The summed E-state index contributed by atoms with van der Waals surface area (Å²) in [5.41, 5.74) is 7.44. The number of nitrogens with one attached hydrogen (secondary N) is 1. The normalized spacial score (nSPS) is 13.4. The largest absolute Gasteiger partial charge is 0.477 e. The van der Waals surface area contributed by atoms with Crippen LogP contribution in [0.2, 0.25) is 0 Å². The van der Waals surface area contributed by atoms with Gasteiger partial charge in [-0.2, -0.15) is 15.0 Å². The molecule has 2 aromatic heterocycles. The van der Waals surface area contributed by atoms with Gasteiger partial charge in [0.05, 0.1) is 18.5 Å². The van der Waals surface area contributed by atoms with Crippen molar-refractivity contribution in [3.05, 3.63) is 48.7 Å². The van der Waals surface area contributed by atoms with Crippen molar-refractivity contribution >= 4 is 17.6 Å². The van der Waals surface area contributed by atoms with Gasteiger partial charge in [0.2, 0.25) is 17.8 Å². The molecular formula is C18H18N6O. The Kier molecular flexibility index (Phi) is 4.12. The average Bonchev–Trinajstić information content (AvgIpc) is 3.46. The Balaban J connectivity index is 1.49. The molecule has 0 bridgehead atoms. The lowest BCUT2D eigenvalue weighted by Crippen LogP contribution is -2.05. The van der Waals surface area contributed by atoms with Gasteiger partial charge in [0.15, 0.2) is 5.82 Å². The number of nitrogens with two attached hydrogens (primary N) is 1. The first-order chi connectivity index (χ1) is 12.3. The number of nitrogen functional groups attached to an aromatic ring is 1. The number of hydrogen-bond donors (Lipinski definition) is 2. The van der Waals surface area contributed by atoms with Crippen molar-refractivity contribution < 1.29 is 4.74 Å². The number of benzene rings is 1. The van der Waals surface area contributed by atoms with Crippen LogP contribution in [0.5, 0.6) is 5.88 Å². The van der Waals surface area contributed by atoms with E-state index in [-0.39, 0.29) is 5.95 Å². The number of pyridine rings is 1. The van der Waals surface area contributed by atoms with E-state index in [2.05, 4.69) is 25.3 Å².